The fourth-order valence-electron chi connectivity index (χ4n) is 3.27. The van der Waals surface area contributed by atoms with Crippen LogP contribution in [0.1, 0.15) is 36.6 Å². The summed E-state index contributed by atoms with van der Waals surface area (Å²) in [6, 6.07) is 11.1. The predicted molar refractivity (Wildman–Crippen MR) is 118 cm³/mol. The quantitative estimate of drug-likeness (QED) is 0.704. The average Bonchev–Trinajstić information content (AvgIpc) is 3.33. The first-order chi connectivity index (χ1) is 14.1. The Labute approximate surface area is 181 Å². The zero-order chi connectivity index (χ0) is 22.1. The Bertz CT molecular complexity index is 1040. The van der Waals surface area contributed by atoms with Crippen LogP contribution in [-0.4, -0.2) is 45.2 Å². The normalized spacial score (nSPS) is 17.2. The van der Waals surface area contributed by atoms with Crippen molar-refractivity contribution in [2.45, 2.75) is 36.9 Å². The van der Waals surface area contributed by atoms with Gasteiger partial charge in [0.05, 0.1) is 12.5 Å². The van der Waals surface area contributed by atoms with Crippen LogP contribution in [0.3, 0.4) is 0 Å². The molecule has 0 aliphatic carbocycles. The van der Waals surface area contributed by atoms with Crippen molar-refractivity contribution in [2.75, 3.05) is 25.5 Å². The van der Waals surface area contributed by atoms with E-state index >= 15 is 0 Å². The van der Waals surface area contributed by atoms with E-state index in [1.807, 2.05) is 24.3 Å². The number of nitrogens with one attached hydrogen (secondary N) is 1. The van der Waals surface area contributed by atoms with Crippen LogP contribution < -0.4 is 10.2 Å². The summed E-state index contributed by atoms with van der Waals surface area (Å²) in [4.78, 5) is 27.5. The molecule has 9 heteroatoms. The summed E-state index contributed by atoms with van der Waals surface area (Å²) < 4.78 is 25.7. The Morgan fingerprint density at radius 2 is 2.00 bits per heavy atom. The number of hydrogen-bond acceptors (Lipinski definition) is 5. The van der Waals surface area contributed by atoms with E-state index in [9.17, 15) is 18.0 Å². The van der Waals surface area contributed by atoms with Gasteiger partial charge in [-0.25, -0.2) is 12.7 Å². The monoisotopic (exact) mass is 449 g/mol. The molecule has 2 heterocycles. The average molecular weight is 450 g/mol. The van der Waals surface area contributed by atoms with Gasteiger partial charge in [0.1, 0.15) is 4.21 Å². The first-order valence-electron chi connectivity index (χ1n) is 9.79. The Balaban J connectivity index is 1.62. The molecule has 0 saturated carbocycles. The van der Waals surface area contributed by atoms with Crippen LogP contribution >= 0.6 is 11.3 Å². The molecule has 2 amide bonds. The summed E-state index contributed by atoms with van der Waals surface area (Å²) in [6.07, 6.45) is 0.169. The molecule has 0 spiro atoms. The minimum atomic E-state index is -3.48. The molecule has 1 aromatic carbocycles. The Morgan fingerprint density at radius 1 is 1.27 bits per heavy atom. The van der Waals surface area contributed by atoms with E-state index in [0.717, 1.165) is 31.8 Å². The van der Waals surface area contributed by atoms with Gasteiger partial charge in [0, 0.05) is 37.6 Å². The minimum Gasteiger partial charge on any atom is -0.351 e. The van der Waals surface area contributed by atoms with E-state index < -0.39 is 15.9 Å². The maximum atomic E-state index is 12.6. The third-order valence-electron chi connectivity index (χ3n) is 5.15. The van der Waals surface area contributed by atoms with Crippen molar-refractivity contribution in [2.24, 2.45) is 5.92 Å². The summed E-state index contributed by atoms with van der Waals surface area (Å²) in [5, 5.41) is 2.84. The summed E-state index contributed by atoms with van der Waals surface area (Å²) >= 11 is 1.13. The van der Waals surface area contributed by atoms with Crippen LogP contribution in [0.2, 0.25) is 0 Å². The van der Waals surface area contributed by atoms with Crippen molar-refractivity contribution < 1.29 is 18.0 Å². The van der Waals surface area contributed by atoms with Gasteiger partial charge in [0.2, 0.25) is 11.8 Å². The van der Waals surface area contributed by atoms with Crippen LogP contribution in [0.15, 0.2) is 40.6 Å². The van der Waals surface area contributed by atoms with Gasteiger partial charge in [-0.05, 0) is 35.7 Å². The summed E-state index contributed by atoms with van der Waals surface area (Å²) in [6.45, 7) is 4.78. The second-order valence-corrected chi connectivity index (χ2v) is 11.4. The SMILES string of the molecule is CC(C)c1cccc(N2CC(C(=O)NCc3ccc(S(=O)(=O)N(C)C)s3)CC2=O)c1. The first kappa shape index (κ1) is 22.5. The molecule has 3 rings (SSSR count). The van der Waals surface area contributed by atoms with E-state index in [-0.39, 0.29) is 29.0 Å². The Kier molecular flexibility index (Phi) is 6.64. The highest BCUT2D eigenvalue weighted by Gasteiger charge is 2.35. The fraction of sp³-hybridized carbons (Fsp3) is 0.429. The third-order valence-corrected chi connectivity index (χ3v) is 8.52. The van der Waals surface area contributed by atoms with Crippen LogP contribution in [0.5, 0.6) is 0 Å². The highest BCUT2D eigenvalue weighted by molar-refractivity contribution is 7.91. The number of benzene rings is 1. The molecule has 2 aromatic rings. The van der Waals surface area contributed by atoms with Gasteiger partial charge < -0.3 is 10.2 Å². The number of hydrogen-bond donors (Lipinski definition) is 1. The van der Waals surface area contributed by atoms with Gasteiger partial charge in [0.15, 0.2) is 0 Å². The largest absolute Gasteiger partial charge is 0.351 e. The second kappa shape index (κ2) is 8.87. The zero-order valence-corrected chi connectivity index (χ0v) is 19.2. The van der Waals surface area contributed by atoms with Crippen molar-refractivity contribution in [1.29, 1.82) is 0 Å². The van der Waals surface area contributed by atoms with Crippen LogP contribution in [-0.2, 0) is 26.2 Å². The van der Waals surface area contributed by atoms with Crippen LogP contribution in [0, 0.1) is 5.92 Å². The summed E-state index contributed by atoms with van der Waals surface area (Å²) in [7, 11) is -0.513. The molecule has 1 aliphatic heterocycles. The topological polar surface area (TPSA) is 86.8 Å². The lowest BCUT2D eigenvalue weighted by atomic mass is 10.0. The lowest BCUT2D eigenvalue weighted by Crippen LogP contribution is -2.32. The number of rotatable bonds is 7. The molecule has 1 fully saturated rings. The number of carbonyl (C=O) groups excluding carboxylic acids is 2. The van der Waals surface area contributed by atoms with Crippen molar-refractivity contribution in [3.63, 3.8) is 0 Å². The van der Waals surface area contributed by atoms with E-state index in [0.29, 0.717) is 12.5 Å². The van der Waals surface area contributed by atoms with E-state index in [4.69, 9.17) is 0 Å². The number of nitrogens with zero attached hydrogens (tertiary/aromatic N) is 2. The first-order valence-corrected chi connectivity index (χ1v) is 12.0. The molecular weight excluding hydrogens is 422 g/mol. The molecule has 0 radical (unpaired) electrons. The second-order valence-electron chi connectivity index (χ2n) is 7.88. The number of sulfonamides is 1. The highest BCUT2D eigenvalue weighted by Crippen LogP contribution is 2.28. The third kappa shape index (κ3) is 4.74. The molecule has 1 atom stereocenters. The molecule has 1 aromatic heterocycles. The van der Waals surface area contributed by atoms with Gasteiger partial charge in [0.25, 0.3) is 10.0 Å². The van der Waals surface area contributed by atoms with Crippen molar-refractivity contribution in [1.82, 2.24) is 9.62 Å². The smallest absolute Gasteiger partial charge is 0.252 e. The van der Waals surface area contributed by atoms with Crippen molar-refractivity contribution >= 4 is 38.9 Å². The van der Waals surface area contributed by atoms with Gasteiger partial charge in [-0.1, -0.05) is 26.0 Å². The Morgan fingerprint density at radius 3 is 2.67 bits per heavy atom. The molecule has 30 heavy (non-hydrogen) atoms. The Hall–Kier alpha value is -2.23. The molecule has 1 unspecified atom stereocenters. The maximum Gasteiger partial charge on any atom is 0.252 e. The van der Waals surface area contributed by atoms with E-state index in [1.54, 1.807) is 17.0 Å². The molecule has 162 valence electrons. The number of anilines is 1. The zero-order valence-electron chi connectivity index (χ0n) is 17.6. The molecular formula is C21H27N3O4S2. The lowest BCUT2D eigenvalue weighted by Gasteiger charge is -2.18. The number of carbonyl (C=O) groups is 2. The van der Waals surface area contributed by atoms with Crippen molar-refractivity contribution in [3.05, 3.63) is 46.8 Å². The lowest BCUT2D eigenvalue weighted by molar-refractivity contribution is -0.126. The summed E-state index contributed by atoms with van der Waals surface area (Å²) in [5.74, 6) is -0.332. The standard InChI is InChI=1S/C21H27N3O4S2/c1-14(2)15-6-5-7-17(10-15)24-13-16(11-19(24)25)21(26)22-12-18-8-9-20(29-18)30(27,28)23(3)4/h5-10,14,16H,11-13H2,1-4H3,(H,22,26). The number of thiophene rings is 1. The van der Waals surface area contributed by atoms with Gasteiger partial charge in [-0.15, -0.1) is 11.3 Å². The van der Waals surface area contributed by atoms with Crippen molar-refractivity contribution in [3.8, 4) is 0 Å². The van der Waals surface area contributed by atoms with Gasteiger partial charge in [-0.3, -0.25) is 9.59 Å². The summed E-state index contributed by atoms with van der Waals surface area (Å²) in [5.41, 5.74) is 1.97. The molecule has 1 saturated heterocycles. The molecule has 0 bridgehead atoms. The van der Waals surface area contributed by atoms with E-state index in [2.05, 4.69) is 19.2 Å². The highest BCUT2D eigenvalue weighted by atomic mass is 32.2. The van der Waals surface area contributed by atoms with Crippen LogP contribution in [0.4, 0.5) is 5.69 Å². The predicted octanol–water partition coefficient (Wildman–Crippen LogP) is 2.79. The molecule has 7 nitrogen and oxygen atoms in total. The molecule has 1 aliphatic rings. The maximum absolute atomic E-state index is 12.6. The fourth-order valence-corrected chi connectivity index (χ4v) is 5.74. The van der Waals surface area contributed by atoms with Gasteiger partial charge >= 0.3 is 0 Å². The van der Waals surface area contributed by atoms with Gasteiger partial charge in [-0.2, -0.15) is 0 Å². The molecule has 1 N–H and O–H groups in total. The van der Waals surface area contributed by atoms with Crippen LogP contribution in [0.25, 0.3) is 0 Å². The minimum absolute atomic E-state index is 0.0634. The van der Waals surface area contributed by atoms with E-state index in [1.165, 1.54) is 14.1 Å². The number of amides is 2.